The summed E-state index contributed by atoms with van der Waals surface area (Å²) < 4.78 is 4.79. The van der Waals surface area contributed by atoms with E-state index in [1.807, 2.05) is 19.1 Å². The molecule has 0 unspecified atom stereocenters. The summed E-state index contributed by atoms with van der Waals surface area (Å²) in [6.45, 7) is 1.92. The first-order valence-electron chi connectivity index (χ1n) is 9.94. The molecule has 0 aliphatic heterocycles. The fourth-order valence-corrected chi connectivity index (χ4v) is 4.65. The minimum atomic E-state index is -0.484. The Morgan fingerprint density at radius 3 is 2.58 bits per heavy atom. The van der Waals surface area contributed by atoms with Gasteiger partial charge in [-0.15, -0.1) is 11.3 Å². The van der Waals surface area contributed by atoms with Crippen molar-refractivity contribution >= 4 is 39.7 Å². The van der Waals surface area contributed by atoms with Crippen LogP contribution < -0.4 is 5.32 Å². The van der Waals surface area contributed by atoms with Gasteiger partial charge in [-0.3, -0.25) is 4.79 Å². The van der Waals surface area contributed by atoms with Gasteiger partial charge in [0.1, 0.15) is 0 Å². The van der Waals surface area contributed by atoms with Gasteiger partial charge in [0.25, 0.3) is 0 Å². The molecule has 1 aromatic heterocycles. The molecule has 0 aliphatic rings. The highest BCUT2D eigenvalue weighted by Gasteiger charge is 2.16. The SMILES string of the molecule is COC(=O)c1ccccc1NC(=O)Cc1sc(Cc2cccc3ccccc23)nc1C. The molecule has 0 atom stereocenters. The van der Waals surface area contributed by atoms with Crippen LogP contribution in [0.25, 0.3) is 10.8 Å². The van der Waals surface area contributed by atoms with Crippen LogP contribution in [0.5, 0.6) is 0 Å². The van der Waals surface area contributed by atoms with Crippen molar-refractivity contribution in [1.82, 2.24) is 4.98 Å². The lowest BCUT2D eigenvalue weighted by atomic mass is 10.0. The molecule has 0 aliphatic carbocycles. The van der Waals surface area contributed by atoms with Crippen molar-refractivity contribution in [2.75, 3.05) is 12.4 Å². The number of hydrogen-bond acceptors (Lipinski definition) is 5. The zero-order valence-corrected chi connectivity index (χ0v) is 18.2. The zero-order valence-electron chi connectivity index (χ0n) is 17.3. The van der Waals surface area contributed by atoms with Crippen LogP contribution in [-0.2, 0) is 22.4 Å². The summed E-state index contributed by atoms with van der Waals surface area (Å²) in [7, 11) is 1.32. The van der Waals surface area contributed by atoms with E-state index in [0.717, 1.165) is 22.0 Å². The van der Waals surface area contributed by atoms with Crippen molar-refractivity contribution in [1.29, 1.82) is 0 Å². The number of aromatic nitrogens is 1. The summed E-state index contributed by atoms with van der Waals surface area (Å²) in [6, 6.07) is 21.4. The molecule has 3 aromatic carbocycles. The fraction of sp³-hybridized carbons (Fsp3) is 0.160. The number of anilines is 1. The molecule has 0 spiro atoms. The lowest BCUT2D eigenvalue weighted by Gasteiger charge is -2.09. The van der Waals surface area contributed by atoms with Crippen molar-refractivity contribution in [2.24, 2.45) is 0 Å². The predicted molar refractivity (Wildman–Crippen MR) is 124 cm³/mol. The monoisotopic (exact) mass is 430 g/mol. The van der Waals surface area contributed by atoms with E-state index < -0.39 is 5.97 Å². The largest absolute Gasteiger partial charge is 0.465 e. The number of nitrogens with zero attached hydrogens (tertiary/aromatic N) is 1. The average Bonchev–Trinajstić information content (AvgIpc) is 3.12. The van der Waals surface area contributed by atoms with E-state index in [4.69, 9.17) is 9.72 Å². The van der Waals surface area contributed by atoms with Crippen molar-refractivity contribution in [3.05, 3.63) is 93.4 Å². The number of esters is 1. The maximum Gasteiger partial charge on any atom is 0.339 e. The van der Waals surface area contributed by atoms with Crippen molar-refractivity contribution in [3.8, 4) is 0 Å². The number of hydrogen-bond donors (Lipinski definition) is 1. The summed E-state index contributed by atoms with van der Waals surface area (Å²) in [5.41, 5.74) is 2.85. The predicted octanol–water partition coefficient (Wildman–Crippen LogP) is 5.16. The van der Waals surface area contributed by atoms with Crippen LogP contribution >= 0.6 is 11.3 Å². The Morgan fingerprint density at radius 1 is 1.00 bits per heavy atom. The molecule has 4 aromatic rings. The Bertz CT molecular complexity index is 1260. The van der Waals surface area contributed by atoms with E-state index in [1.165, 1.54) is 23.4 Å². The summed E-state index contributed by atoms with van der Waals surface area (Å²) >= 11 is 1.55. The number of thiazole rings is 1. The third-order valence-corrected chi connectivity index (χ3v) is 6.24. The van der Waals surface area contributed by atoms with Gasteiger partial charge in [-0.05, 0) is 35.4 Å². The van der Waals surface area contributed by atoms with Crippen LogP contribution in [0, 0.1) is 6.92 Å². The second-order valence-electron chi connectivity index (χ2n) is 7.19. The molecule has 0 saturated heterocycles. The third-order valence-electron chi connectivity index (χ3n) is 5.09. The minimum Gasteiger partial charge on any atom is -0.465 e. The number of ether oxygens (including phenoxy) is 1. The molecular weight excluding hydrogens is 408 g/mol. The molecule has 0 saturated carbocycles. The highest BCUT2D eigenvalue weighted by Crippen LogP contribution is 2.26. The van der Waals surface area contributed by atoms with Gasteiger partial charge in [0.2, 0.25) is 5.91 Å². The molecule has 4 rings (SSSR count). The number of fused-ring (bicyclic) bond motifs is 1. The number of carbonyl (C=O) groups excluding carboxylic acids is 2. The molecule has 31 heavy (non-hydrogen) atoms. The van der Waals surface area contributed by atoms with E-state index in [0.29, 0.717) is 11.3 Å². The number of carbonyl (C=O) groups is 2. The second-order valence-corrected chi connectivity index (χ2v) is 8.36. The zero-order chi connectivity index (χ0) is 21.8. The number of amides is 1. The number of para-hydroxylation sites is 1. The van der Waals surface area contributed by atoms with Gasteiger partial charge >= 0.3 is 5.97 Å². The van der Waals surface area contributed by atoms with Crippen LogP contribution in [0.15, 0.2) is 66.7 Å². The molecule has 5 nitrogen and oxygen atoms in total. The van der Waals surface area contributed by atoms with Gasteiger partial charge in [0.15, 0.2) is 0 Å². The van der Waals surface area contributed by atoms with Gasteiger partial charge in [0, 0.05) is 11.3 Å². The first kappa shape index (κ1) is 20.8. The number of methoxy groups -OCH3 is 1. The first-order valence-corrected chi connectivity index (χ1v) is 10.8. The summed E-state index contributed by atoms with van der Waals surface area (Å²) in [5.74, 6) is -0.679. The van der Waals surface area contributed by atoms with Crippen molar-refractivity contribution in [3.63, 3.8) is 0 Å². The maximum absolute atomic E-state index is 12.7. The fourth-order valence-electron chi connectivity index (χ4n) is 3.56. The molecule has 0 fully saturated rings. The second kappa shape index (κ2) is 9.10. The number of aryl methyl sites for hydroxylation is 1. The Morgan fingerprint density at radius 2 is 1.74 bits per heavy atom. The Hall–Kier alpha value is -3.51. The Labute approximate surface area is 184 Å². The average molecular weight is 431 g/mol. The molecule has 1 amide bonds. The molecule has 6 heteroatoms. The highest BCUT2D eigenvalue weighted by atomic mass is 32.1. The third kappa shape index (κ3) is 4.64. The number of benzene rings is 3. The smallest absolute Gasteiger partial charge is 0.339 e. The Kier molecular flexibility index (Phi) is 6.09. The van der Waals surface area contributed by atoms with E-state index in [2.05, 4.69) is 35.6 Å². The van der Waals surface area contributed by atoms with Crippen LogP contribution in [0.4, 0.5) is 5.69 Å². The summed E-state index contributed by atoms with van der Waals surface area (Å²) in [5, 5.41) is 6.23. The minimum absolute atomic E-state index is 0.195. The first-order chi connectivity index (χ1) is 15.0. The summed E-state index contributed by atoms with van der Waals surface area (Å²) in [6.07, 6.45) is 0.925. The Balaban J connectivity index is 1.50. The van der Waals surface area contributed by atoms with Crippen LogP contribution in [0.1, 0.15) is 31.5 Å². The van der Waals surface area contributed by atoms with E-state index in [9.17, 15) is 9.59 Å². The van der Waals surface area contributed by atoms with Gasteiger partial charge < -0.3 is 10.1 Å². The van der Waals surface area contributed by atoms with Gasteiger partial charge in [-0.25, -0.2) is 9.78 Å². The van der Waals surface area contributed by atoms with Gasteiger partial charge in [-0.1, -0.05) is 54.6 Å². The van der Waals surface area contributed by atoms with Crippen LogP contribution in [0.3, 0.4) is 0 Å². The lowest BCUT2D eigenvalue weighted by molar-refractivity contribution is -0.115. The molecule has 1 heterocycles. The number of rotatable bonds is 6. The van der Waals surface area contributed by atoms with E-state index >= 15 is 0 Å². The van der Waals surface area contributed by atoms with E-state index in [-0.39, 0.29) is 12.3 Å². The standard InChI is InChI=1S/C25H22N2O3S/c1-16-22(15-23(28)27-21-13-6-5-12-20(21)25(29)30-2)31-24(26-16)14-18-10-7-9-17-8-3-4-11-19(17)18/h3-13H,14-15H2,1-2H3,(H,27,28). The van der Waals surface area contributed by atoms with Crippen LogP contribution in [-0.4, -0.2) is 24.0 Å². The topological polar surface area (TPSA) is 68.3 Å². The summed E-state index contributed by atoms with van der Waals surface area (Å²) in [4.78, 5) is 30.2. The number of nitrogens with one attached hydrogen (secondary N) is 1. The van der Waals surface area contributed by atoms with E-state index in [1.54, 1.807) is 35.6 Å². The van der Waals surface area contributed by atoms with Gasteiger partial charge in [-0.2, -0.15) is 0 Å². The molecular formula is C25H22N2O3S. The van der Waals surface area contributed by atoms with Crippen molar-refractivity contribution < 1.29 is 14.3 Å². The highest BCUT2D eigenvalue weighted by molar-refractivity contribution is 7.11. The maximum atomic E-state index is 12.7. The quantitative estimate of drug-likeness (QED) is 0.429. The molecule has 156 valence electrons. The van der Waals surface area contributed by atoms with Gasteiger partial charge in [0.05, 0.1) is 35.5 Å². The molecule has 0 radical (unpaired) electrons. The normalized spacial score (nSPS) is 10.8. The lowest BCUT2D eigenvalue weighted by Crippen LogP contribution is -2.17. The van der Waals surface area contributed by atoms with Crippen LogP contribution in [0.2, 0.25) is 0 Å². The van der Waals surface area contributed by atoms with Crippen molar-refractivity contribution in [2.45, 2.75) is 19.8 Å². The molecule has 0 bridgehead atoms. The molecule has 1 N–H and O–H groups in total.